The molecule has 2 aliphatic rings. The summed E-state index contributed by atoms with van der Waals surface area (Å²) < 4.78 is 6.83. The number of hydrogen-bond donors (Lipinski definition) is 3. The maximum atomic E-state index is 12.1. The lowest BCUT2D eigenvalue weighted by Crippen LogP contribution is -2.47. The average Bonchev–Trinajstić information content (AvgIpc) is 3.22. The second kappa shape index (κ2) is 8.67. The number of amides is 1. The molecule has 0 spiro atoms. The molecule has 0 saturated carbocycles. The van der Waals surface area contributed by atoms with Crippen LogP contribution >= 0.6 is 15.9 Å². The summed E-state index contributed by atoms with van der Waals surface area (Å²) in [5.74, 6) is 0.712. The Morgan fingerprint density at radius 3 is 2.72 bits per heavy atom. The van der Waals surface area contributed by atoms with Gasteiger partial charge in [0.25, 0.3) is 5.91 Å². The molecular weight excluding hydrogens is 384 g/mol. The lowest BCUT2D eigenvalue weighted by Gasteiger charge is -2.22. The summed E-state index contributed by atoms with van der Waals surface area (Å²) in [5.41, 5.74) is 0.649. The number of carbonyl (C=O) groups excluding carboxylic acids is 1. The number of aliphatic imine (C=N–C) groups is 1. The molecule has 3 N–H and O–H groups in total. The molecule has 0 aromatic heterocycles. The fraction of sp³-hybridized carbons (Fsp3) is 0.556. The Bertz CT molecular complexity index is 620. The maximum Gasteiger partial charge on any atom is 0.251 e. The zero-order valence-corrected chi connectivity index (χ0v) is 16.0. The van der Waals surface area contributed by atoms with Gasteiger partial charge in [-0.15, -0.1) is 0 Å². The second-order valence-corrected chi connectivity index (χ2v) is 7.30. The molecular formula is C18H25BrN4O2. The van der Waals surface area contributed by atoms with Crippen molar-refractivity contribution in [1.29, 1.82) is 0 Å². The molecule has 2 heterocycles. The number of carbonyl (C=O) groups is 1. The van der Waals surface area contributed by atoms with Crippen LogP contribution in [0.15, 0.2) is 33.7 Å². The molecule has 136 valence electrons. The van der Waals surface area contributed by atoms with E-state index in [0.29, 0.717) is 36.9 Å². The first kappa shape index (κ1) is 18.2. The first-order chi connectivity index (χ1) is 12.2. The van der Waals surface area contributed by atoms with E-state index in [1.54, 1.807) is 12.1 Å². The maximum absolute atomic E-state index is 12.1. The smallest absolute Gasteiger partial charge is 0.251 e. The number of nitrogens with one attached hydrogen (secondary N) is 3. The zero-order valence-electron chi connectivity index (χ0n) is 14.4. The first-order valence-electron chi connectivity index (χ1n) is 8.89. The monoisotopic (exact) mass is 408 g/mol. The third-order valence-corrected chi connectivity index (χ3v) is 5.07. The van der Waals surface area contributed by atoms with Gasteiger partial charge in [0, 0.05) is 23.1 Å². The molecule has 2 aliphatic heterocycles. The van der Waals surface area contributed by atoms with E-state index in [9.17, 15) is 4.79 Å². The Morgan fingerprint density at radius 1 is 1.28 bits per heavy atom. The zero-order chi connectivity index (χ0) is 17.6. The molecule has 1 aromatic carbocycles. The highest BCUT2D eigenvalue weighted by Gasteiger charge is 2.41. The van der Waals surface area contributed by atoms with E-state index < -0.39 is 0 Å². The molecule has 0 aliphatic carbocycles. The molecule has 3 atom stereocenters. The third-order valence-electron chi connectivity index (χ3n) is 4.55. The Morgan fingerprint density at radius 2 is 2.08 bits per heavy atom. The summed E-state index contributed by atoms with van der Waals surface area (Å²) in [6.45, 7) is 3.88. The van der Waals surface area contributed by atoms with E-state index in [2.05, 4.69) is 36.9 Å². The summed E-state index contributed by atoms with van der Waals surface area (Å²) >= 11 is 3.36. The van der Waals surface area contributed by atoms with E-state index >= 15 is 0 Å². The summed E-state index contributed by atoms with van der Waals surface area (Å²) in [6, 6.07) is 7.65. The quantitative estimate of drug-likeness (QED) is 0.382. The summed E-state index contributed by atoms with van der Waals surface area (Å²) in [6.07, 6.45) is 4.08. The highest BCUT2D eigenvalue weighted by atomic mass is 79.9. The van der Waals surface area contributed by atoms with Crippen molar-refractivity contribution in [3.63, 3.8) is 0 Å². The van der Waals surface area contributed by atoms with Crippen LogP contribution in [-0.2, 0) is 4.74 Å². The van der Waals surface area contributed by atoms with E-state index in [1.165, 1.54) is 6.42 Å². The molecule has 2 saturated heterocycles. The lowest BCUT2D eigenvalue weighted by atomic mass is 9.96. The standard InChI is InChI=1S/C18H25BrN4O2/c1-2-20-18(23-15-11-14-7-8-16(15)25-14)22-10-9-21-17(24)12-3-5-13(19)6-4-12/h3-6,14-16H,2,7-11H2,1H3,(H,21,24)(H2,20,22,23). The minimum absolute atomic E-state index is 0.0813. The normalized spacial score (nSPS) is 25.0. The summed E-state index contributed by atoms with van der Waals surface area (Å²) in [4.78, 5) is 16.6. The van der Waals surface area contributed by atoms with Crippen molar-refractivity contribution >= 4 is 27.8 Å². The molecule has 1 amide bonds. The number of nitrogens with zero attached hydrogens (tertiary/aromatic N) is 1. The van der Waals surface area contributed by atoms with Gasteiger partial charge in [-0.1, -0.05) is 15.9 Å². The van der Waals surface area contributed by atoms with Crippen LogP contribution in [0.4, 0.5) is 0 Å². The number of halogens is 1. The van der Waals surface area contributed by atoms with Crippen molar-refractivity contribution in [3.05, 3.63) is 34.3 Å². The van der Waals surface area contributed by atoms with Gasteiger partial charge in [0.05, 0.1) is 24.8 Å². The van der Waals surface area contributed by atoms with Crippen LogP contribution in [0.25, 0.3) is 0 Å². The number of rotatable bonds is 6. The van der Waals surface area contributed by atoms with Gasteiger partial charge in [-0.3, -0.25) is 9.79 Å². The van der Waals surface area contributed by atoms with Gasteiger partial charge in [-0.2, -0.15) is 0 Å². The Kier molecular flexibility index (Phi) is 6.31. The minimum atomic E-state index is -0.0813. The van der Waals surface area contributed by atoms with Crippen molar-refractivity contribution in [2.24, 2.45) is 4.99 Å². The average molecular weight is 409 g/mol. The number of guanidine groups is 1. The third kappa shape index (κ3) is 4.95. The van der Waals surface area contributed by atoms with Gasteiger partial charge < -0.3 is 20.7 Å². The van der Waals surface area contributed by atoms with Crippen LogP contribution in [0.1, 0.15) is 36.5 Å². The predicted octanol–water partition coefficient (Wildman–Crippen LogP) is 2.05. The predicted molar refractivity (Wildman–Crippen MR) is 102 cm³/mol. The van der Waals surface area contributed by atoms with Crippen LogP contribution in [0.3, 0.4) is 0 Å². The van der Waals surface area contributed by atoms with Crippen LogP contribution < -0.4 is 16.0 Å². The summed E-state index contributed by atoms with van der Waals surface area (Å²) in [7, 11) is 0. The molecule has 2 bridgehead atoms. The van der Waals surface area contributed by atoms with Crippen molar-refractivity contribution in [1.82, 2.24) is 16.0 Å². The fourth-order valence-corrected chi connectivity index (χ4v) is 3.59. The fourth-order valence-electron chi connectivity index (χ4n) is 3.33. The number of ether oxygens (including phenoxy) is 1. The summed E-state index contributed by atoms with van der Waals surface area (Å²) in [5, 5.41) is 9.63. The van der Waals surface area contributed by atoms with Crippen LogP contribution in [0.2, 0.25) is 0 Å². The number of benzene rings is 1. The number of hydrogen-bond acceptors (Lipinski definition) is 3. The molecule has 3 unspecified atom stereocenters. The van der Waals surface area contributed by atoms with Crippen LogP contribution in [-0.4, -0.2) is 49.8 Å². The largest absolute Gasteiger partial charge is 0.373 e. The molecule has 0 radical (unpaired) electrons. The molecule has 7 heteroatoms. The van der Waals surface area contributed by atoms with Crippen LogP contribution in [0, 0.1) is 0 Å². The molecule has 2 fully saturated rings. The highest BCUT2D eigenvalue weighted by Crippen LogP contribution is 2.34. The number of fused-ring (bicyclic) bond motifs is 2. The van der Waals surface area contributed by atoms with Gasteiger partial charge in [0.15, 0.2) is 5.96 Å². The Labute approximate surface area is 156 Å². The molecule has 25 heavy (non-hydrogen) atoms. The highest BCUT2D eigenvalue weighted by molar-refractivity contribution is 9.10. The van der Waals surface area contributed by atoms with Gasteiger partial charge in [0.2, 0.25) is 0 Å². The van der Waals surface area contributed by atoms with Gasteiger partial charge in [-0.05, 0) is 50.5 Å². The SMILES string of the molecule is CCNC(=NCCNC(=O)c1ccc(Br)cc1)NC1CC2CCC1O2. The van der Waals surface area contributed by atoms with Crippen molar-refractivity contribution < 1.29 is 9.53 Å². The van der Waals surface area contributed by atoms with E-state index in [1.807, 2.05) is 19.1 Å². The minimum Gasteiger partial charge on any atom is -0.373 e. The topological polar surface area (TPSA) is 74.8 Å². The lowest BCUT2D eigenvalue weighted by molar-refractivity contribution is 0.0954. The molecule has 6 nitrogen and oxygen atoms in total. The van der Waals surface area contributed by atoms with Gasteiger partial charge in [0.1, 0.15) is 0 Å². The Hall–Kier alpha value is -1.60. The first-order valence-corrected chi connectivity index (χ1v) is 9.69. The molecule has 3 rings (SSSR count). The van der Waals surface area contributed by atoms with Crippen molar-refractivity contribution in [3.8, 4) is 0 Å². The van der Waals surface area contributed by atoms with Crippen molar-refractivity contribution in [2.45, 2.75) is 44.4 Å². The Balaban J connectivity index is 1.45. The van der Waals surface area contributed by atoms with Crippen LogP contribution in [0.5, 0.6) is 0 Å². The van der Waals surface area contributed by atoms with Gasteiger partial charge >= 0.3 is 0 Å². The van der Waals surface area contributed by atoms with Crippen molar-refractivity contribution in [2.75, 3.05) is 19.6 Å². The van der Waals surface area contributed by atoms with E-state index in [0.717, 1.165) is 29.8 Å². The van der Waals surface area contributed by atoms with E-state index in [-0.39, 0.29) is 5.91 Å². The second-order valence-electron chi connectivity index (χ2n) is 6.38. The van der Waals surface area contributed by atoms with Gasteiger partial charge in [-0.25, -0.2) is 0 Å². The van der Waals surface area contributed by atoms with E-state index in [4.69, 9.17) is 4.74 Å². The molecule has 1 aromatic rings.